The zero-order chi connectivity index (χ0) is 19.3. The molecule has 1 saturated heterocycles. The van der Waals surface area contributed by atoms with Gasteiger partial charge in [0, 0.05) is 42.6 Å². The Labute approximate surface area is 166 Å². The van der Waals surface area contributed by atoms with E-state index in [0.29, 0.717) is 12.0 Å². The van der Waals surface area contributed by atoms with Crippen LogP contribution in [0.1, 0.15) is 47.8 Å². The van der Waals surface area contributed by atoms with E-state index in [1.165, 1.54) is 24.0 Å². The standard InChI is InChI=1S/C22H26N6/c1-16-12-17(2)26-22(25-16)27-21-9-8-19(14-24-21)20-7-3-4-11-28(20)15-18-6-5-10-23-13-18/h5-6,8-10,12-14,20H,3-4,7,11,15H2,1-2H3,(H,24,25,26,27)/t20-/m0/s1. The number of rotatable bonds is 5. The van der Waals surface area contributed by atoms with Crippen LogP contribution < -0.4 is 5.32 Å². The summed E-state index contributed by atoms with van der Waals surface area (Å²) >= 11 is 0. The van der Waals surface area contributed by atoms with Crippen molar-refractivity contribution in [3.63, 3.8) is 0 Å². The van der Waals surface area contributed by atoms with E-state index >= 15 is 0 Å². The molecular weight excluding hydrogens is 348 g/mol. The van der Waals surface area contributed by atoms with Gasteiger partial charge in [0.15, 0.2) is 0 Å². The van der Waals surface area contributed by atoms with E-state index in [1.54, 1.807) is 0 Å². The topological polar surface area (TPSA) is 66.8 Å². The van der Waals surface area contributed by atoms with Crippen LogP contribution in [-0.4, -0.2) is 31.4 Å². The number of piperidine rings is 1. The maximum Gasteiger partial charge on any atom is 0.228 e. The molecule has 0 bridgehead atoms. The molecule has 0 saturated carbocycles. The van der Waals surface area contributed by atoms with Crippen LogP contribution in [-0.2, 0) is 6.54 Å². The number of nitrogens with one attached hydrogen (secondary N) is 1. The van der Waals surface area contributed by atoms with Crippen molar-refractivity contribution >= 4 is 11.8 Å². The Balaban J connectivity index is 1.48. The largest absolute Gasteiger partial charge is 0.309 e. The van der Waals surface area contributed by atoms with Crippen LogP contribution in [0.25, 0.3) is 0 Å². The molecule has 4 heterocycles. The fourth-order valence-electron chi connectivity index (χ4n) is 3.86. The third-order valence-electron chi connectivity index (χ3n) is 5.12. The Kier molecular flexibility index (Phi) is 5.58. The van der Waals surface area contributed by atoms with E-state index < -0.39 is 0 Å². The number of likely N-dealkylation sites (tertiary alicyclic amines) is 1. The minimum Gasteiger partial charge on any atom is -0.309 e. The molecule has 1 atom stereocenters. The molecule has 1 aliphatic rings. The molecule has 3 aromatic heterocycles. The number of pyridine rings is 2. The van der Waals surface area contributed by atoms with Crippen molar-refractivity contribution in [3.8, 4) is 0 Å². The normalized spacial score (nSPS) is 17.4. The van der Waals surface area contributed by atoms with Crippen molar-refractivity contribution in [1.29, 1.82) is 0 Å². The molecule has 0 spiro atoms. The van der Waals surface area contributed by atoms with Crippen molar-refractivity contribution in [1.82, 2.24) is 24.8 Å². The number of anilines is 2. The van der Waals surface area contributed by atoms with E-state index in [0.717, 1.165) is 36.7 Å². The molecule has 0 amide bonds. The van der Waals surface area contributed by atoms with Crippen LogP contribution >= 0.6 is 0 Å². The molecular formula is C22H26N6. The van der Waals surface area contributed by atoms with Gasteiger partial charge in [0.05, 0.1) is 0 Å². The lowest BCUT2D eigenvalue weighted by atomic mass is 9.96. The highest BCUT2D eigenvalue weighted by molar-refractivity contribution is 5.48. The van der Waals surface area contributed by atoms with Gasteiger partial charge in [0.1, 0.15) is 5.82 Å². The smallest absolute Gasteiger partial charge is 0.228 e. The predicted octanol–water partition coefficient (Wildman–Crippen LogP) is 4.35. The van der Waals surface area contributed by atoms with Gasteiger partial charge in [-0.15, -0.1) is 0 Å². The summed E-state index contributed by atoms with van der Waals surface area (Å²) in [7, 11) is 0. The first-order chi connectivity index (χ1) is 13.7. The first-order valence-electron chi connectivity index (χ1n) is 9.85. The fraction of sp³-hybridized carbons (Fsp3) is 0.364. The van der Waals surface area contributed by atoms with Gasteiger partial charge in [-0.2, -0.15) is 0 Å². The SMILES string of the molecule is Cc1cc(C)nc(Nc2ccc([C@@H]3CCCCN3Cc3cccnc3)cn2)n1. The Hall–Kier alpha value is -2.86. The summed E-state index contributed by atoms with van der Waals surface area (Å²) in [5.74, 6) is 1.36. The highest BCUT2D eigenvalue weighted by Gasteiger charge is 2.24. The number of hydrogen-bond acceptors (Lipinski definition) is 6. The number of nitrogens with zero attached hydrogens (tertiary/aromatic N) is 5. The molecule has 0 aromatic carbocycles. The summed E-state index contributed by atoms with van der Waals surface area (Å²) in [5.41, 5.74) is 4.41. The fourth-order valence-corrected chi connectivity index (χ4v) is 3.86. The molecule has 3 aromatic rings. The van der Waals surface area contributed by atoms with Gasteiger partial charge in [-0.25, -0.2) is 15.0 Å². The van der Waals surface area contributed by atoms with Crippen molar-refractivity contribution in [2.75, 3.05) is 11.9 Å². The lowest BCUT2D eigenvalue weighted by Gasteiger charge is -2.36. The van der Waals surface area contributed by atoms with E-state index in [4.69, 9.17) is 0 Å². The molecule has 28 heavy (non-hydrogen) atoms. The van der Waals surface area contributed by atoms with Gasteiger partial charge < -0.3 is 5.32 Å². The van der Waals surface area contributed by atoms with Crippen molar-refractivity contribution < 1.29 is 0 Å². The Bertz CT molecular complexity index is 890. The summed E-state index contributed by atoms with van der Waals surface area (Å²) in [4.78, 5) is 20.3. The highest BCUT2D eigenvalue weighted by Crippen LogP contribution is 2.32. The Morgan fingerprint density at radius 3 is 2.64 bits per heavy atom. The summed E-state index contributed by atoms with van der Waals surface area (Å²) in [6.07, 6.45) is 9.43. The molecule has 0 aliphatic carbocycles. The average molecular weight is 374 g/mol. The monoisotopic (exact) mass is 374 g/mol. The number of hydrogen-bond donors (Lipinski definition) is 1. The molecule has 1 N–H and O–H groups in total. The Morgan fingerprint density at radius 2 is 1.93 bits per heavy atom. The third-order valence-corrected chi connectivity index (χ3v) is 5.12. The molecule has 144 valence electrons. The number of aromatic nitrogens is 4. The van der Waals surface area contributed by atoms with E-state index in [-0.39, 0.29) is 0 Å². The van der Waals surface area contributed by atoms with Crippen LogP contribution in [0, 0.1) is 13.8 Å². The van der Waals surface area contributed by atoms with Crippen LogP contribution in [0.3, 0.4) is 0 Å². The van der Waals surface area contributed by atoms with E-state index in [1.807, 2.05) is 50.6 Å². The average Bonchev–Trinajstić information content (AvgIpc) is 2.69. The summed E-state index contributed by atoms with van der Waals surface area (Å²) in [6.45, 7) is 5.97. The molecule has 0 radical (unpaired) electrons. The van der Waals surface area contributed by atoms with Gasteiger partial charge in [-0.3, -0.25) is 9.88 Å². The zero-order valence-electron chi connectivity index (χ0n) is 16.5. The van der Waals surface area contributed by atoms with Gasteiger partial charge in [-0.05, 0) is 62.6 Å². The third kappa shape index (κ3) is 4.51. The van der Waals surface area contributed by atoms with E-state index in [2.05, 4.69) is 42.3 Å². The Morgan fingerprint density at radius 1 is 1.07 bits per heavy atom. The van der Waals surface area contributed by atoms with Crippen LogP contribution in [0.15, 0.2) is 48.9 Å². The summed E-state index contributed by atoms with van der Waals surface area (Å²) in [6, 6.07) is 10.7. The van der Waals surface area contributed by atoms with Crippen LogP contribution in [0.5, 0.6) is 0 Å². The maximum atomic E-state index is 4.62. The minimum atomic E-state index is 0.396. The van der Waals surface area contributed by atoms with Crippen LogP contribution in [0.2, 0.25) is 0 Å². The first-order valence-corrected chi connectivity index (χ1v) is 9.85. The van der Waals surface area contributed by atoms with Gasteiger partial charge in [0.25, 0.3) is 0 Å². The first kappa shape index (κ1) is 18.5. The molecule has 4 rings (SSSR count). The second-order valence-corrected chi connectivity index (χ2v) is 7.42. The van der Waals surface area contributed by atoms with Gasteiger partial charge in [0.2, 0.25) is 5.95 Å². The maximum absolute atomic E-state index is 4.62. The van der Waals surface area contributed by atoms with E-state index in [9.17, 15) is 0 Å². The van der Waals surface area contributed by atoms with Gasteiger partial charge >= 0.3 is 0 Å². The zero-order valence-corrected chi connectivity index (χ0v) is 16.5. The van der Waals surface area contributed by atoms with Crippen LogP contribution in [0.4, 0.5) is 11.8 Å². The summed E-state index contributed by atoms with van der Waals surface area (Å²) in [5, 5.41) is 3.21. The lowest BCUT2D eigenvalue weighted by molar-refractivity contribution is 0.140. The second-order valence-electron chi connectivity index (χ2n) is 7.42. The summed E-state index contributed by atoms with van der Waals surface area (Å²) < 4.78 is 0. The minimum absolute atomic E-state index is 0.396. The van der Waals surface area contributed by atoms with Gasteiger partial charge in [-0.1, -0.05) is 18.6 Å². The molecule has 0 unspecified atom stereocenters. The van der Waals surface area contributed by atoms with Crippen molar-refractivity contribution in [2.45, 2.75) is 45.7 Å². The predicted molar refractivity (Wildman–Crippen MR) is 110 cm³/mol. The molecule has 1 aliphatic heterocycles. The molecule has 6 heteroatoms. The van der Waals surface area contributed by atoms with Crippen molar-refractivity contribution in [3.05, 3.63) is 71.4 Å². The molecule has 1 fully saturated rings. The quantitative estimate of drug-likeness (QED) is 0.716. The number of aryl methyl sites for hydroxylation is 2. The molecule has 6 nitrogen and oxygen atoms in total. The highest BCUT2D eigenvalue weighted by atomic mass is 15.2. The van der Waals surface area contributed by atoms with Crippen molar-refractivity contribution in [2.24, 2.45) is 0 Å². The lowest BCUT2D eigenvalue weighted by Crippen LogP contribution is -2.33. The second kappa shape index (κ2) is 8.44.